The predicted molar refractivity (Wildman–Crippen MR) is 111 cm³/mol. The van der Waals surface area contributed by atoms with E-state index in [9.17, 15) is 0 Å². The third kappa shape index (κ3) is 4.58. The molecule has 4 aromatic rings. The highest BCUT2D eigenvalue weighted by Gasteiger charge is 2.15. The maximum absolute atomic E-state index is 5.79. The van der Waals surface area contributed by atoms with E-state index in [1.807, 2.05) is 66.9 Å². The Morgan fingerprint density at radius 3 is 2.39 bits per heavy atom. The van der Waals surface area contributed by atoms with Crippen molar-refractivity contribution in [3.05, 3.63) is 90.8 Å². The molecule has 0 saturated heterocycles. The number of ether oxygens (including phenoxy) is 1. The molecule has 0 aliphatic heterocycles. The summed E-state index contributed by atoms with van der Waals surface area (Å²) in [7, 11) is 0. The van der Waals surface area contributed by atoms with Crippen LogP contribution in [0.5, 0.6) is 5.75 Å². The molecule has 2 aromatic heterocycles. The fourth-order valence-corrected chi connectivity index (χ4v) is 3.58. The molecule has 0 bridgehead atoms. The summed E-state index contributed by atoms with van der Waals surface area (Å²) >= 11 is 1.64. The van der Waals surface area contributed by atoms with Gasteiger partial charge in [-0.3, -0.25) is 9.55 Å². The van der Waals surface area contributed by atoms with Crippen molar-refractivity contribution >= 4 is 11.8 Å². The lowest BCUT2D eigenvalue weighted by atomic mass is 10.2. The highest BCUT2D eigenvalue weighted by atomic mass is 32.2. The molecule has 140 valence electrons. The van der Waals surface area contributed by atoms with Crippen molar-refractivity contribution in [3.8, 4) is 17.1 Å². The first kappa shape index (κ1) is 18.3. The van der Waals surface area contributed by atoms with Crippen molar-refractivity contribution in [2.45, 2.75) is 11.7 Å². The van der Waals surface area contributed by atoms with Crippen LogP contribution in [0, 0.1) is 0 Å². The lowest BCUT2D eigenvalue weighted by Crippen LogP contribution is -2.06. The fraction of sp³-hybridized carbons (Fsp3) is 0.136. The zero-order chi connectivity index (χ0) is 19.0. The molecule has 0 atom stereocenters. The number of hydrogen-bond acceptors (Lipinski definition) is 5. The highest BCUT2D eigenvalue weighted by molar-refractivity contribution is 7.99. The molecule has 2 aromatic carbocycles. The Kier molecular flexibility index (Phi) is 5.99. The van der Waals surface area contributed by atoms with E-state index in [0.717, 1.165) is 28.0 Å². The maximum Gasteiger partial charge on any atom is 0.191 e. The van der Waals surface area contributed by atoms with Gasteiger partial charge >= 0.3 is 0 Å². The largest absolute Gasteiger partial charge is 0.493 e. The minimum Gasteiger partial charge on any atom is -0.493 e. The molecule has 0 aliphatic rings. The average molecular weight is 388 g/mol. The van der Waals surface area contributed by atoms with E-state index in [2.05, 4.69) is 31.9 Å². The summed E-state index contributed by atoms with van der Waals surface area (Å²) in [5.41, 5.74) is 2.16. The van der Waals surface area contributed by atoms with Crippen LogP contribution in [0.15, 0.2) is 90.3 Å². The lowest BCUT2D eigenvalue weighted by molar-refractivity contribution is 0.344. The highest BCUT2D eigenvalue weighted by Crippen LogP contribution is 2.25. The number of benzene rings is 2. The molecule has 0 saturated carbocycles. The second-order valence-electron chi connectivity index (χ2n) is 6.13. The van der Waals surface area contributed by atoms with Crippen molar-refractivity contribution < 1.29 is 4.74 Å². The van der Waals surface area contributed by atoms with Crippen LogP contribution in [0.25, 0.3) is 11.4 Å². The van der Waals surface area contributed by atoms with Gasteiger partial charge < -0.3 is 4.74 Å². The fourth-order valence-electron chi connectivity index (χ4n) is 2.82. The molecule has 0 spiro atoms. The Balaban J connectivity index is 1.50. The molecule has 28 heavy (non-hydrogen) atoms. The van der Waals surface area contributed by atoms with Crippen LogP contribution in [0.4, 0.5) is 0 Å². The van der Waals surface area contributed by atoms with Crippen LogP contribution in [0.3, 0.4) is 0 Å². The number of hydrogen-bond donors (Lipinski definition) is 0. The molecule has 0 aliphatic carbocycles. The van der Waals surface area contributed by atoms with Crippen LogP contribution in [0.2, 0.25) is 0 Å². The van der Waals surface area contributed by atoms with Gasteiger partial charge in [-0.2, -0.15) is 0 Å². The van der Waals surface area contributed by atoms with Crippen LogP contribution in [0.1, 0.15) is 5.56 Å². The monoisotopic (exact) mass is 388 g/mol. The van der Waals surface area contributed by atoms with Gasteiger partial charge in [0.15, 0.2) is 11.0 Å². The third-order valence-corrected chi connectivity index (χ3v) is 5.08. The van der Waals surface area contributed by atoms with E-state index < -0.39 is 0 Å². The van der Waals surface area contributed by atoms with E-state index in [1.165, 1.54) is 5.56 Å². The molecule has 0 amide bonds. The van der Waals surface area contributed by atoms with E-state index in [-0.39, 0.29) is 0 Å². The summed E-state index contributed by atoms with van der Waals surface area (Å²) in [6, 6.07) is 24.1. The second-order valence-corrected chi connectivity index (χ2v) is 7.19. The molecule has 0 unspecified atom stereocenters. The summed E-state index contributed by atoms with van der Waals surface area (Å²) < 4.78 is 7.93. The van der Waals surface area contributed by atoms with Crippen molar-refractivity contribution in [1.29, 1.82) is 0 Å². The molecular weight excluding hydrogens is 368 g/mol. The smallest absolute Gasteiger partial charge is 0.191 e. The Labute approximate surface area is 168 Å². The summed E-state index contributed by atoms with van der Waals surface area (Å²) in [5.74, 6) is 2.49. The second kappa shape index (κ2) is 9.19. The first-order valence-corrected chi connectivity index (χ1v) is 10.1. The standard InChI is InChI=1S/C22H20N4OS/c1-3-8-18(9-4-1)17-26-21(19-10-7-13-23-16-19)24-25-22(26)28-15-14-27-20-11-5-2-6-12-20/h1-13,16H,14-15,17H2. The zero-order valence-corrected chi connectivity index (χ0v) is 16.1. The molecule has 0 N–H and O–H groups in total. The van der Waals surface area contributed by atoms with Gasteiger partial charge in [0.05, 0.1) is 13.2 Å². The topological polar surface area (TPSA) is 52.8 Å². The Morgan fingerprint density at radius 1 is 0.857 bits per heavy atom. The Bertz CT molecular complexity index is 991. The molecule has 5 nitrogen and oxygen atoms in total. The van der Waals surface area contributed by atoms with Crippen LogP contribution in [-0.2, 0) is 6.54 Å². The Hall–Kier alpha value is -3.12. The number of rotatable bonds is 8. The number of aromatic nitrogens is 4. The van der Waals surface area contributed by atoms with Crippen molar-refractivity contribution in [2.75, 3.05) is 12.4 Å². The van der Waals surface area contributed by atoms with Crippen LogP contribution in [-0.4, -0.2) is 32.1 Å². The zero-order valence-electron chi connectivity index (χ0n) is 15.3. The van der Waals surface area contributed by atoms with Gasteiger partial charge in [-0.15, -0.1) is 10.2 Å². The lowest BCUT2D eigenvalue weighted by Gasteiger charge is -2.11. The SMILES string of the molecule is c1ccc(Cn2c(SCCOc3ccccc3)nnc2-c2cccnc2)cc1. The molecule has 6 heteroatoms. The van der Waals surface area contributed by atoms with Gasteiger partial charge in [0.2, 0.25) is 0 Å². The minimum absolute atomic E-state index is 0.606. The van der Waals surface area contributed by atoms with Gasteiger partial charge in [0.1, 0.15) is 5.75 Å². The molecular formula is C22H20N4OS. The summed E-state index contributed by atoms with van der Waals surface area (Å²) in [5, 5.41) is 9.73. The third-order valence-electron chi connectivity index (χ3n) is 4.15. The molecule has 0 fully saturated rings. The molecule has 2 heterocycles. The van der Waals surface area contributed by atoms with Crippen LogP contribution >= 0.6 is 11.8 Å². The average Bonchev–Trinajstić information content (AvgIpc) is 3.16. The van der Waals surface area contributed by atoms with E-state index in [4.69, 9.17) is 4.74 Å². The first-order valence-electron chi connectivity index (χ1n) is 9.08. The van der Waals surface area contributed by atoms with Crippen LogP contribution < -0.4 is 4.74 Å². The van der Waals surface area contributed by atoms with Gasteiger partial charge in [-0.05, 0) is 29.8 Å². The van der Waals surface area contributed by atoms with Gasteiger partial charge in [-0.1, -0.05) is 60.3 Å². The normalized spacial score (nSPS) is 10.7. The van der Waals surface area contributed by atoms with Crippen molar-refractivity contribution in [1.82, 2.24) is 19.7 Å². The Morgan fingerprint density at radius 2 is 1.64 bits per heavy atom. The van der Waals surface area contributed by atoms with Crippen molar-refractivity contribution in [3.63, 3.8) is 0 Å². The summed E-state index contributed by atoms with van der Waals surface area (Å²) in [4.78, 5) is 4.22. The van der Waals surface area contributed by atoms with E-state index in [1.54, 1.807) is 18.0 Å². The number of thioether (sulfide) groups is 1. The molecule has 0 radical (unpaired) electrons. The minimum atomic E-state index is 0.606. The number of pyridine rings is 1. The van der Waals surface area contributed by atoms with Gasteiger partial charge in [0, 0.05) is 23.7 Å². The van der Waals surface area contributed by atoms with E-state index in [0.29, 0.717) is 13.2 Å². The quantitative estimate of drug-likeness (QED) is 0.327. The van der Waals surface area contributed by atoms with E-state index >= 15 is 0 Å². The first-order chi connectivity index (χ1) is 13.9. The van der Waals surface area contributed by atoms with Gasteiger partial charge in [0.25, 0.3) is 0 Å². The number of para-hydroxylation sites is 1. The maximum atomic E-state index is 5.79. The number of nitrogens with zero attached hydrogens (tertiary/aromatic N) is 4. The van der Waals surface area contributed by atoms with Crippen molar-refractivity contribution in [2.24, 2.45) is 0 Å². The predicted octanol–water partition coefficient (Wildman–Crippen LogP) is 4.56. The summed E-state index contributed by atoms with van der Waals surface area (Å²) in [6.45, 7) is 1.31. The summed E-state index contributed by atoms with van der Waals surface area (Å²) in [6.07, 6.45) is 3.58. The van der Waals surface area contributed by atoms with Gasteiger partial charge in [-0.25, -0.2) is 0 Å². The molecule has 4 rings (SSSR count).